The Balaban J connectivity index is 2.15. The van der Waals surface area contributed by atoms with E-state index in [4.69, 9.17) is 0 Å². The minimum absolute atomic E-state index is 0.771. The summed E-state index contributed by atoms with van der Waals surface area (Å²) < 4.78 is 0. The van der Waals surface area contributed by atoms with Gasteiger partial charge in [0.05, 0.1) is 0 Å². The molecule has 2 atom stereocenters. The monoisotopic (exact) mass is 252 g/mol. The van der Waals surface area contributed by atoms with Crippen molar-refractivity contribution in [3.8, 4) is 0 Å². The van der Waals surface area contributed by atoms with Gasteiger partial charge in [-0.1, -0.05) is 58.4 Å². The molecule has 0 saturated heterocycles. The predicted octanol–water partition coefficient (Wildman–Crippen LogP) is 5.78. The van der Waals surface area contributed by atoms with Gasteiger partial charge in [0.15, 0.2) is 0 Å². The zero-order chi connectivity index (χ0) is 12.3. The van der Waals surface area contributed by atoms with Crippen molar-refractivity contribution in [3.63, 3.8) is 0 Å². The summed E-state index contributed by atoms with van der Waals surface area (Å²) in [4.78, 5) is 1.75. The molecule has 0 spiro atoms. The first-order valence-corrected chi connectivity index (χ1v) is 8.51. The van der Waals surface area contributed by atoms with E-state index in [0.717, 1.165) is 17.1 Å². The molecule has 1 aliphatic carbocycles. The molecule has 0 bridgehead atoms. The van der Waals surface area contributed by atoms with Gasteiger partial charge in [-0.15, -0.1) is 11.8 Å². The number of hydrogen-bond donors (Lipinski definition) is 0. The summed E-state index contributed by atoms with van der Waals surface area (Å²) in [6.07, 6.45) is 11.6. The van der Waals surface area contributed by atoms with E-state index < -0.39 is 0 Å². The molecule has 0 aromatic rings. The van der Waals surface area contributed by atoms with Crippen molar-refractivity contribution >= 4 is 11.8 Å². The first kappa shape index (κ1) is 13.5. The van der Waals surface area contributed by atoms with E-state index in [1.807, 2.05) is 5.57 Å². The molecule has 0 nitrogen and oxygen atoms in total. The average Bonchev–Trinajstić information content (AvgIpc) is 2.68. The van der Waals surface area contributed by atoms with Crippen LogP contribution in [-0.4, -0.2) is 5.25 Å². The zero-order valence-electron chi connectivity index (χ0n) is 11.8. The van der Waals surface area contributed by atoms with E-state index in [-0.39, 0.29) is 0 Å². The SMILES string of the molecule is CCC1=C(C(C)C)C2CCCCCCCC2S1. The van der Waals surface area contributed by atoms with Crippen LogP contribution in [0, 0.1) is 11.8 Å². The van der Waals surface area contributed by atoms with E-state index in [1.165, 1.54) is 51.4 Å². The average molecular weight is 252 g/mol. The maximum Gasteiger partial charge on any atom is 0.0157 e. The van der Waals surface area contributed by atoms with Gasteiger partial charge in [-0.05, 0) is 36.0 Å². The van der Waals surface area contributed by atoms with Crippen LogP contribution in [0.2, 0.25) is 0 Å². The highest BCUT2D eigenvalue weighted by Gasteiger charge is 2.35. The van der Waals surface area contributed by atoms with E-state index in [9.17, 15) is 0 Å². The van der Waals surface area contributed by atoms with Gasteiger partial charge in [-0.3, -0.25) is 0 Å². The fourth-order valence-corrected chi connectivity index (χ4v) is 5.41. The van der Waals surface area contributed by atoms with Crippen molar-refractivity contribution in [1.82, 2.24) is 0 Å². The van der Waals surface area contributed by atoms with Gasteiger partial charge in [0.25, 0.3) is 0 Å². The van der Waals surface area contributed by atoms with Crippen molar-refractivity contribution < 1.29 is 0 Å². The molecule has 1 heterocycles. The second-order valence-corrected chi connectivity index (χ2v) is 7.33. The molecule has 1 aliphatic heterocycles. The highest BCUT2D eigenvalue weighted by molar-refractivity contribution is 8.04. The number of hydrogen-bond acceptors (Lipinski definition) is 1. The first-order chi connectivity index (χ1) is 8.24. The smallest absolute Gasteiger partial charge is 0.0157 e. The molecule has 0 N–H and O–H groups in total. The molecule has 2 aliphatic rings. The largest absolute Gasteiger partial charge is 0.127 e. The molecular weight excluding hydrogens is 224 g/mol. The van der Waals surface area contributed by atoms with E-state index in [2.05, 4.69) is 32.5 Å². The van der Waals surface area contributed by atoms with Crippen molar-refractivity contribution in [2.75, 3.05) is 0 Å². The Morgan fingerprint density at radius 2 is 1.71 bits per heavy atom. The molecule has 0 amide bonds. The van der Waals surface area contributed by atoms with Crippen molar-refractivity contribution in [1.29, 1.82) is 0 Å². The maximum atomic E-state index is 2.40. The topological polar surface area (TPSA) is 0 Å². The van der Waals surface area contributed by atoms with Crippen molar-refractivity contribution in [2.24, 2.45) is 11.8 Å². The first-order valence-electron chi connectivity index (χ1n) is 7.63. The summed E-state index contributed by atoms with van der Waals surface area (Å²) in [5, 5.41) is 0.931. The second kappa shape index (κ2) is 6.31. The normalized spacial score (nSPS) is 31.1. The lowest BCUT2D eigenvalue weighted by atomic mass is 9.83. The van der Waals surface area contributed by atoms with Crippen LogP contribution in [0.1, 0.15) is 72.1 Å². The molecular formula is C16H28S. The molecule has 0 aromatic carbocycles. The Kier molecular flexibility index (Phi) is 5.02. The molecule has 2 unspecified atom stereocenters. The van der Waals surface area contributed by atoms with Crippen molar-refractivity contribution in [2.45, 2.75) is 77.4 Å². The van der Waals surface area contributed by atoms with Crippen LogP contribution < -0.4 is 0 Å². The van der Waals surface area contributed by atoms with Gasteiger partial charge in [0, 0.05) is 5.25 Å². The number of allylic oxidation sites excluding steroid dienone is 2. The second-order valence-electron chi connectivity index (χ2n) is 5.99. The number of fused-ring (bicyclic) bond motifs is 1. The molecule has 0 aromatic heterocycles. The highest BCUT2D eigenvalue weighted by Crippen LogP contribution is 2.50. The lowest BCUT2D eigenvalue weighted by Gasteiger charge is -2.23. The lowest BCUT2D eigenvalue weighted by Crippen LogP contribution is -2.17. The van der Waals surface area contributed by atoms with Gasteiger partial charge in [0.2, 0.25) is 0 Å². The molecule has 2 rings (SSSR count). The minimum atomic E-state index is 0.771. The number of rotatable bonds is 2. The van der Waals surface area contributed by atoms with Gasteiger partial charge < -0.3 is 0 Å². The van der Waals surface area contributed by atoms with Crippen molar-refractivity contribution in [3.05, 3.63) is 10.5 Å². The standard InChI is InChI=1S/C16H28S/c1-4-14-16(12(2)3)13-10-8-6-5-7-9-11-15(13)17-14/h12-13,15H,4-11H2,1-3H3. The summed E-state index contributed by atoms with van der Waals surface area (Å²) in [5.74, 6) is 1.70. The maximum absolute atomic E-state index is 2.40. The van der Waals surface area contributed by atoms with Gasteiger partial charge >= 0.3 is 0 Å². The Hall–Kier alpha value is 0.0900. The molecule has 1 heteroatoms. The van der Waals surface area contributed by atoms with Crippen LogP contribution in [0.5, 0.6) is 0 Å². The summed E-state index contributed by atoms with van der Waals surface area (Å²) >= 11 is 2.24. The van der Waals surface area contributed by atoms with E-state index in [0.29, 0.717) is 0 Å². The molecule has 1 saturated carbocycles. The van der Waals surface area contributed by atoms with Crippen LogP contribution in [0.25, 0.3) is 0 Å². The van der Waals surface area contributed by atoms with Crippen LogP contribution >= 0.6 is 11.8 Å². The summed E-state index contributed by atoms with van der Waals surface area (Å²) in [6, 6.07) is 0. The highest BCUT2D eigenvalue weighted by atomic mass is 32.2. The van der Waals surface area contributed by atoms with E-state index in [1.54, 1.807) is 4.91 Å². The summed E-state index contributed by atoms with van der Waals surface area (Å²) in [6.45, 7) is 7.15. The Bertz CT molecular complexity index is 277. The third kappa shape index (κ3) is 3.10. The van der Waals surface area contributed by atoms with Gasteiger partial charge in [-0.25, -0.2) is 0 Å². The molecule has 98 valence electrons. The van der Waals surface area contributed by atoms with Gasteiger partial charge in [0.1, 0.15) is 0 Å². The molecule has 1 fully saturated rings. The van der Waals surface area contributed by atoms with Crippen LogP contribution in [0.3, 0.4) is 0 Å². The third-order valence-corrected chi connectivity index (χ3v) is 6.09. The quantitative estimate of drug-likeness (QED) is 0.600. The summed E-state index contributed by atoms with van der Waals surface area (Å²) in [7, 11) is 0. The zero-order valence-corrected chi connectivity index (χ0v) is 12.6. The lowest BCUT2D eigenvalue weighted by molar-refractivity contribution is 0.469. The molecule has 0 radical (unpaired) electrons. The van der Waals surface area contributed by atoms with Crippen LogP contribution in [0.4, 0.5) is 0 Å². The Labute approximate surface area is 112 Å². The third-order valence-electron chi connectivity index (χ3n) is 4.41. The Morgan fingerprint density at radius 1 is 1.06 bits per heavy atom. The van der Waals surface area contributed by atoms with Crippen LogP contribution in [-0.2, 0) is 0 Å². The predicted molar refractivity (Wildman–Crippen MR) is 79.3 cm³/mol. The minimum Gasteiger partial charge on any atom is -0.127 e. The number of thioether (sulfide) groups is 1. The fourth-order valence-electron chi connectivity index (χ4n) is 3.62. The Morgan fingerprint density at radius 3 is 2.35 bits per heavy atom. The van der Waals surface area contributed by atoms with Crippen LogP contribution in [0.15, 0.2) is 10.5 Å². The summed E-state index contributed by atoms with van der Waals surface area (Å²) in [5.41, 5.74) is 1.84. The molecule has 17 heavy (non-hydrogen) atoms. The van der Waals surface area contributed by atoms with Gasteiger partial charge in [-0.2, -0.15) is 0 Å². The van der Waals surface area contributed by atoms with E-state index >= 15 is 0 Å². The fraction of sp³-hybridized carbons (Fsp3) is 0.875.